The number of hydrogen-bond donors (Lipinski definition) is 2. The number of thioether (sulfide) groups is 1. The van der Waals surface area contributed by atoms with Gasteiger partial charge in [-0.3, -0.25) is 14.4 Å². The summed E-state index contributed by atoms with van der Waals surface area (Å²) in [6.45, 7) is 5.74. The van der Waals surface area contributed by atoms with Crippen molar-refractivity contribution in [3.05, 3.63) is 63.1 Å². The van der Waals surface area contributed by atoms with Crippen molar-refractivity contribution in [2.45, 2.75) is 26.8 Å². The Morgan fingerprint density at radius 2 is 1.92 bits per heavy atom. The van der Waals surface area contributed by atoms with Crippen LogP contribution in [0.15, 0.2) is 35.1 Å². The van der Waals surface area contributed by atoms with Crippen molar-refractivity contribution < 1.29 is 9.59 Å². The predicted octanol–water partition coefficient (Wildman–Crippen LogP) is 2.45. The Labute approximate surface area is 156 Å². The number of nitrogens with one attached hydrogen (secondary N) is 2. The van der Waals surface area contributed by atoms with Crippen LogP contribution in [0.3, 0.4) is 0 Å². The normalized spacial score (nSPS) is 16.6. The number of rotatable bonds is 3. The van der Waals surface area contributed by atoms with Crippen LogP contribution in [0.5, 0.6) is 0 Å². The van der Waals surface area contributed by atoms with Crippen molar-refractivity contribution in [1.82, 2.24) is 9.88 Å². The second kappa shape index (κ2) is 7.37. The number of amides is 2. The Bertz CT molecular complexity index is 922. The van der Waals surface area contributed by atoms with Crippen molar-refractivity contribution in [1.29, 1.82) is 0 Å². The van der Waals surface area contributed by atoms with E-state index in [0.717, 1.165) is 11.1 Å². The number of H-pyrrole nitrogens is 1. The molecule has 3 rings (SSSR count). The first-order valence-corrected chi connectivity index (χ1v) is 9.49. The van der Waals surface area contributed by atoms with Crippen molar-refractivity contribution in [2.75, 3.05) is 16.9 Å². The first-order valence-electron chi connectivity index (χ1n) is 8.33. The van der Waals surface area contributed by atoms with E-state index in [4.69, 9.17) is 0 Å². The van der Waals surface area contributed by atoms with Crippen LogP contribution in [-0.2, 0) is 4.79 Å². The molecular formula is C19H21N3O3S. The largest absolute Gasteiger partial charge is 0.326 e. The Morgan fingerprint density at radius 3 is 2.62 bits per heavy atom. The van der Waals surface area contributed by atoms with Gasteiger partial charge in [0.05, 0.1) is 5.88 Å². The van der Waals surface area contributed by atoms with E-state index in [1.807, 2.05) is 32.0 Å². The molecule has 1 aromatic carbocycles. The number of aromatic nitrogens is 1. The average molecular weight is 371 g/mol. The third-order valence-corrected chi connectivity index (χ3v) is 5.52. The molecule has 2 heterocycles. The highest BCUT2D eigenvalue weighted by Gasteiger charge is 2.36. The van der Waals surface area contributed by atoms with Gasteiger partial charge < -0.3 is 15.2 Å². The summed E-state index contributed by atoms with van der Waals surface area (Å²) < 4.78 is 0. The van der Waals surface area contributed by atoms with E-state index in [1.165, 1.54) is 22.7 Å². The van der Waals surface area contributed by atoms with E-state index in [1.54, 1.807) is 13.0 Å². The molecule has 26 heavy (non-hydrogen) atoms. The minimum atomic E-state index is -0.602. The quantitative estimate of drug-likeness (QED) is 0.868. The summed E-state index contributed by atoms with van der Waals surface area (Å²) in [5, 5.41) is 2.88. The zero-order valence-electron chi connectivity index (χ0n) is 15.0. The molecule has 7 heteroatoms. The van der Waals surface area contributed by atoms with E-state index >= 15 is 0 Å². The molecule has 2 N–H and O–H groups in total. The number of pyridine rings is 1. The van der Waals surface area contributed by atoms with Crippen molar-refractivity contribution in [3.63, 3.8) is 0 Å². The minimum absolute atomic E-state index is 0.0575. The molecule has 1 atom stereocenters. The van der Waals surface area contributed by atoms with Crippen LogP contribution in [0.4, 0.5) is 5.69 Å². The lowest BCUT2D eigenvalue weighted by atomic mass is 10.1. The molecule has 0 spiro atoms. The fourth-order valence-corrected chi connectivity index (χ4v) is 3.95. The second-order valence-electron chi connectivity index (χ2n) is 6.46. The molecule has 1 aliphatic heterocycles. The average Bonchev–Trinajstić information content (AvgIpc) is 3.07. The van der Waals surface area contributed by atoms with E-state index in [-0.39, 0.29) is 11.5 Å². The van der Waals surface area contributed by atoms with Gasteiger partial charge in [0.2, 0.25) is 5.91 Å². The molecule has 1 fully saturated rings. The molecule has 2 amide bonds. The fraction of sp³-hybridized carbons (Fsp3) is 0.316. The molecule has 136 valence electrons. The first kappa shape index (κ1) is 18.3. The molecule has 1 aromatic heterocycles. The lowest BCUT2D eigenvalue weighted by molar-refractivity contribution is -0.119. The van der Waals surface area contributed by atoms with Gasteiger partial charge in [0.1, 0.15) is 11.6 Å². The second-order valence-corrected chi connectivity index (χ2v) is 7.46. The molecule has 0 aliphatic carbocycles. The summed E-state index contributed by atoms with van der Waals surface area (Å²) >= 11 is 1.50. The van der Waals surface area contributed by atoms with Gasteiger partial charge in [-0.15, -0.1) is 11.8 Å². The molecule has 1 saturated heterocycles. The summed E-state index contributed by atoms with van der Waals surface area (Å²) in [4.78, 5) is 41.6. The zero-order valence-corrected chi connectivity index (χ0v) is 15.8. The topological polar surface area (TPSA) is 82.3 Å². The van der Waals surface area contributed by atoms with Crippen molar-refractivity contribution >= 4 is 29.3 Å². The minimum Gasteiger partial charge on any atom is -0.326 e. The molecule has 6 nitrogen and oxygen atoms in total. The van der Waals surface area contributed by atoms with Gasteiger partial charge in [0.15, 0.2) is 0 Å². The van der Waals surface area contributed by atoms with Crippen LogP contribution < -0.4 is 10.9 Å². The summed E-state index contributed by atoms with van der Waals surface area (Å²) in [7, 11) is 0. The smallest absolute Gasteiger partial charge is 0.260 e. The third kappa shape index (κ3) is 3.67. The molecule has 1 aliphatic rings. The monoisotopic (exact) mass is 371 g/mol. The van der Waals surface area contributed by atoms with Crippen LogP contribution in [0, 0.1) is 20.8 Å². The lowest BCUT2D eigenvalue weighted by Gasteiger charge is -2.23. The van der Waals surface area contributed by atoms with Gasteiger partial charge in [-0.05, 0) is 56.2 Å². The number of carbonyl (C=O) groups excluding carboxylic acids is 2. The molecular weight excluding hydrogens is 350 g/mol. The standard InChI is InChI=1S/C19H21N3O3S/c1-11-4-6-14(8-12(11)2)21-18(24)16-9-26-10-22(16)19(25)15-7-5-13(3)20-17(15)23/h4-8,16H,9-10H2,1-3H3,(H,20,23)(H,21,24)/t16-/m0/s1. The molecule has 0 unspecified atom stereocenters. The molecule has 2 aromatic rings. The van der Waals surface area contributed by atoms with Gasteiger partial charge in [-0.1, -0.05) is 6.07 Å². The summed E-state index contributed by atoms with van der Waals surface area (Å²) in [6, 6.07) is 8.30. The Hall–Kier alpha value is -2.54. The van der Waals surface area contributed by atoms with Gasteiger partial charge in [-0.25, -0.2) is 0 Å². The first-order chi connectivity index (χ1) is 12.4. The summed E-state index contributed by atoms with van der Waals surface area (Å²) in [5.41, 5.74) is 3.25. The zero-order chi connectivity index (χ0) is 18.8. The summed E-state index contributed by atoms with van der Waals surface area (Å²) in [6.07, 6.45) is 0. The number of nitrogens with zero attached hydrogens (tertiary/aromatic N) is 1. The predicted molar refractivity (Wildman–Crippen MR) is 104 cm³/mol. The number of hydrogen-bond acceptors (Lipinski definition) is 4. The van der Waals surface area contributed by atoms with Crippen LogP contribution in [0.25, 0.3) is 0 Å². The fourth-order valence-electron chi connectivity index (χ4n) is 2.80. The highest BCUT2D eigenvalue weighted by atomic mass is 32.2. The highest BCUT2D eigenvalue weighted by molar-refractivity contribution is 7.99. The van der Waals surface area contributed by atoms with E-state index in [2.05, 4.69) is 10.3 Å². The third-order valence-electron chi connectivity index (χ3n) is 4.51. The van der Waals surface area contributed by atoms with Gasteiger partial charge >= 0.3 is 0 Å². The van der Waals surface area contributed by atoms with Gasteiger partial charge in [-0.2, -0.15) is 0 Å². The Kier molecular flexibility index (Phi) is 5.18. The number of anilines is 1. The van der Waals surface area contributed by atoms with Gasteiger partial charge in [0, 0.05) is 17.1 Å². The Morgan fingerprint density at radius 1 is 1.15 bits per heavy atom. The maximum Gasteiger partial charge on any atom is 0.260 e. The molecule has 0 saturated carbocycles. The van der Waals surface area contributed by atoms with E-state index < -0.39 is 17.5 Å². The van der Waals surface area contributed by atoms with Crippen LogP contribution >= 0.6 is 11.8 Å². The number of carbonyl (C=O) groups is 2. The lowest BCUT2D eigenvalue weighted by Crippen LogP contribution is -2.45. The number of aromatic amines is 1. The van der Waals surface area contributed by atoms with Crippen molar-refractivity contribution in [3.8, 4) is 0 Å². The maximum absolute atomic E-state index is 12.8. The molecule has 0 bridgehead atoms. The summed E-state index contributed by atoms with van der Waals surface area (Å²) in [5.74, 6) is 0.232. The Balaban J connectivity index is 1.78. The SMILES string of the molecule is Cc1ccc(C(=O)N2CSC[C@H]2C(=O)Nc2ccc(C)c(C)c2)c(=O)[nH]1. The maximum atomic E-state index is 12.8. The van der Waals surface area contributed by atoms with E-state index in [0.29, 0.717) is 23.0 Å². The number of aryl methyl sites for hydroxylation is 3. The van der Waals surface area contributed by atoms with Crippen LogP contribution in [0.2, 0.25) is 0 Å². The van der Waals surface area contributed by atoms with E-state index in [9.17, 15) is 14.4 Å². The highest BCUT2D eigenvalue weighted by Crippen LogP contribution is 2.24. The van der Waals surface area contributed by atoms with Crippen molar-refractivity contribution in [2.24, 2.45) is 0 Å². The van der Waals surface area contributed by atoms with Crippen LogP contribution in [-0.4, -0.2) is 39.4 Å². The number of benzene rings is 1. The van der Waals surface area contributed by atoms with Crippen LogP contribution in [0.1, 0.15) is 27.2 Å². The molecule has 0 radical (unpaired) electrons. The van der Waals surface area contributed by atoms with Gasteiger partial charge in [0.25, 0.3) is 11.5 Å².